The lowest BCUT2D eigenvalue weighted by Gasteiger charge is -2.13. The topological polar surface area (TPSA) is 40.5 Å². The summed E-state index contributed by atoms with van der Waals surface area (Å²) in [5.74, 6) is 1.51. The van der Waals surface area contributed by atoms with Gasteiger partial charge in [-0.3, -0.25) is 0 Å². The van der Waals surface area contributed by atoms with E-state index in [9.17, 15) is 0 Å². The van der Waals surface area contributed by atoms with Crippen LogP contribution >= 0.6 is 9.03 Å². The molecular weight excluding hydrogens is 231 g/mol. The molecule has 3 heteroatoms. The molecule has 0 radical (unpaired) electrons. The highest BCUT2D eigenvalue weighted by Gasteiger charge is 2.05. The molecule has 2 nitrogen and oxygen atoms in total. The minimum Gasteiger partial charge on any atom is -0.352 e. The molecule has 0 aromatic heterocycles. The molecule has 1 aromatic rings. The molecule has 0 heterocycles. The molecule has 0 amide bonds. The van der Waals surface area contributed by atoms with Crippen LogP contribution in [0.3, 0.4) is 0 Å². The molecule has 98 valence electrons. The van der Waals surface area contributed by atoms with Crippen molar-refractivity contribution in [2.45, 2.75) is 40.5 Å². The molecule has 0 fully saturated rings. The second-order valence-electron chi connectivity index (χ2n) is 5.06. The van der Waals surface area contributed by atoms with Crippen LogP contribution in [0.15, 0.2) is 24.3 Å². The monoisotopic (exact) mass is 256 g/mol. The van der Waals surface area contributed by atoms with Gasteiger partial charge in [-0.2, -0.15) is 0 Å². The van der Waals surface area contributed by atoms with E-state index in [1.807, 2.05) is 0 Å². The third-order valence-corrected chi connectivity index (χ3v) is 2.37. The smallest absolute Gasteiger partial charge is 0.149 e. The van der Waals surface area contributed by atoms with Gasteiger partial charge in [-0.05, 0) is 35.8 Å². The summed E-state index contributed by atoms with van der Waals surface area (Å²) in [6.45, 7) is 9.14. The van der Waals surface area contributed by atoms with E-state index < -0.39 is 9.03 Å². The van der Waals surface area contributed by atoms with E-state index >= 15 is 0 Å². The number of rotatable bonds is 4. The molecule has 1 aromatic carbocycles. The van der Waals surface area contributed by atoms with Crippen molar-refractivity contribution in [2.24, 2.45) is 11.8 Å². The average Bonchev–Trinajstić information content (AvgIpc) is 2.20. The molecule has 0 aliphatic carbocycles. The van der Waals surface area contributed by atoms with Gasteiger partial charge in [-0.25, -0.2) is 0 Å². The van der Waals surface area contributed by atoms with E-state index in [2.05, 4.69) is 52.0 Å². The molecule has 0 spiro atoms. The lowest BCUT2D eigenvalue weighted by Crippen LogP contribution is -2.02. The lowest BCUT2D eigenvalue weighted by atomic mass is 9.93. The third-order valence-electron chi connectivity index (χ3n) is 2.37. The molecule has 2 N–H and O–H groups in total. The molecule has 0 atom stereocenters. The molecule has 0 saturated heterocycles. The number of benzene rings is 1. The fraction of sp³-hybridized carbons (Fsp3) is 0.571. The van der Waals surface area contributed by atoms with E-state index in [0.29, 0.717) is 0 Å². The van der Waals surface area contributed by atoms with Gasteiger partial charge in [0.15, 0.2) is 0 Å². The van der Waals surface area contributed by atoms with Crippen LogP contribution in [0.5, 0.6) is 0 Å². The number of hydrogen-bond donors (Lipinski definition) is 2. The van der Waals surface area contributed by atoms with Crippen molar-refractivity contribution < 1.29 is 9.79 Å². The van der Waals surface area contributed by atoms with E-state index in [1.54, 1.807) is 0 Å². The maximum Gasteiger partial charge on any atom is 0.149 e. The predicted octanol–water partition coefficient (Wildman–Crippen LogP) is 3.56. The van der Waals surface area contributed by atoms with Crippen LogP contribution in [0.2, 0.25) is 0 Å². The van der Waals surface area contributed by atoms with Crippen LogP contribution < -0.4 is 0 Å². The maximum atomic E-state index is 7.15. The fourth-order valence-electron chi connectivity index (χ4n) is 1.84. The van der Waals surface area contributed by atoms with Crippen LogP contribution in [0, 0.1) is 11.8 Å². The first-order chi connectivity index (χ1) is 8.01. The quantitative estimate of drug-likeness (QED) is 0.809. The fourth-order valence-corrected chi connectivity index (χ4v) is 1.84. The van der Waals surface area contributed by atoms with Gasteiger partial charge in [-0.1, -0.05) is 52.0 Å². The lowest BCUT2D eigenvalue weighted by molar-refractivity contribution is 0.513. The van der Waals surface area contributed by atoms with Crippen LogP contribution in [0.25, 0.3) is 0 Å². The van der Waals surface area contributed by atoms with Gasteiger partial charge in [0.1, 0.15) is 9.03 Å². The highest BCUT2D eigenvalue weighted by atomic mass is 31.1. The van der Waals surface area contributed by atoms with Crippen molar-refractivity contribution in [2.75, 3.05) is 0 Å². The Morgan fingerprint density at radius 1 is 0.882 bits per heavy atom. The average molecular weight is 256 g/mol. The standard InChI is InChI=1S/C14H22.H3O2P/c1-11(2)9-13-7-5-6-8-14(13)10-12(3)4;1-3-2/h5-8,11-12H,9-10H2,1-4H3;1-3H. The zero-order chi connectivity index (χ0) is 13.3. The Morgan fingerprint density at radius 3 is 1.41 bits per heavy atom. The molecule has 0 unspecified atom stereocenters. The van der Waals surface area contributed by atoms with Crippen molar-refractivity contribution in [1.29, 1.82) is 0 Å². The van der Waals surface area contributed by atoms with Crippen molar-refractivity contribution in [1.82, 2.24) is 0 Å². The minimum atomic E-state index is -0.917. The zero-order valence-corrected chi connectivity index (χ0v) is 12.3. The molecule has 0 bridgehead atoms. The van der Waals surface area contributed by atoms with E-state index in [1.165, 1.54) is 24.0 Å². The molecule has 0 aliphatic rings. The summed E-state index contributed by atoms with van der Waals surface area (Å²) in [7, 11) is -0.917. The van der Waals surface area contributed by atoms with E-state index in [0.717, 1.165) is 11.8 Å². The SMILES string of the molecule is CC(C)Cc1ccccc1CC(C)C.OPO. The minimum absolute atomic E-state index is 0.753. The van der Waals surface area contributed by atoms with Crippen LogP contribution in [0.4, 0.5) is 0 Å². The molecule has 17 heavy (non-hydrogen) atoms. The zero-order valence-electron chi connectivity index (χ0n) is 11.3. The van der Waals surface area contributed by atoms with Crippen LogP contribution in [-0.2, 0) is 12.8 Å². The first-order valence-corrected chi connectivity index (χ1v) is 7.00. The summed E-state index contributed by atoms with van der Waals surface area (Å²) in [4.78, 5) is 14.3. The Bertz CT molecular complexity index is 269. The maximum absolute atomic E-state index is 7.15. The highest BCUT2D eigenvalue weighted by Crippen LogP contribution is 2.17. The number of hydrogen-bond acceptors (Lipinski definition) is 2. The summed E-state index contributed by atoms with van der Waals surface area (Å²) in [5, 5.41) is 0. The van der Waals surface area contributed by atoms with Crippen molar-refractivity contribution in [3.05, 3.63) is 35.4 Å². The second kappa shape index (κ2) is 9.58. The molecular formula is C14H25O2P. The van der Waals surface area contributed by atoms with Crippen molar-refractivity contribution in [3.8, 4) is 0 Å². The first-order valence-electron chi connectivity index (χ1n) is 6.11. The molecule has 1 rings (SSSR count). The van der Waals surface area contributed by atoms with Gasteiger partial charge < -0.3 is 9.79 Å². The van der Waals surface area contributed by atoms with Crippen molar-refractivity contribution in [3.63, 3.8) is 0 Å². The van der Waals surface area contributed by atoms with Gasteiger partial charge >= 0.3 is 0 Å². The Hall–Kier alpha value is -0.430. The van der Waals surface area contributed by atoms with Gasteiger partial charge in [-0.15, -0.1) is 0 Å². The first kappa shape index (κ1) is 16.6. The third kappa shape index (κ3) is 8.31. The van der Waals surface area contributed by atoms with Gasteiger partial charge in [0.2, 0.25) is 0 Å². The predicted molar refractivity (Wildman–Crippen MR) is 76.3 cm³/mol. The summed E-state index contributed by atoms with van der Waals surface area (Å²) in [6, 6.07) is 8.86. The van der Waals surface area contributed by atoms with E-state index in [-0.39, 0.29) is 0 Å². The Labute approximate surface area is 107 Å². The van der Waals surface area contributed by atoms with E-state index in [4.69, 9.17) is 9.79 Å². The van der Waals surface area contributed by atoms with Crippen LogP contribution in [0.1, 0.15) is 38.8 Å². The largest absolute Gasteiger partial charge is 0.352 e. The Morgan fingerprint density at radius 2 is 1.18 bits per heavy atom. The van der Waals surface area contributed by atoms with Gasteiger partial charge in [0.05, 0.1) is 0 Å². The van der Waals surface area contributed by atoms with Crippen LogP contribution in [-0.4, -0.2) is 9.79 Å². The summed E-state index contributed by atoms with van der Waals surface area (Å²) in [6.07, 6.45) is 2.42. The van der Waals surface area contributed by atoms with Crippen molar-refractivity contribution >= 4 is 9.03 Å². The Balaban J connectivity index is 0.000000770. The normalized spacial score (nSPS) is 10.4. The molecule has 0 aliphatic heterocycles. The second-order valence-corrected chi connectivity index (χ2v) is 5.26. The summed E-state index contributed by atoms with van der Waals surface area (Å²) < 4.78 is 0. The van der Waals surface area contributed by atoms with Gasteiger partial charge in [0.25, 0.3) is 0 Å². The molecule has 0 saturated carbocycles. The summed E-state index contributed by atoms with van der Waals surface area (Å²) >= 11 is 0. The van der Waals surface area contributed by atoms with Gasteiger partial charge in [0, 0.05) is 0 Å². The Kier molecular flexibility index (Phi) is 9.34. The summed E-state index contributed by atoms with van der Waals surface area (Å²) in [5.41, 5.74) is 3.08. The highest BCUT2D eigenvalue weighted by molar-refractivity contribution is 7.23.